The van der Waals surface area contributed by atoms with Crippen LogP contribution in [-0.4, -0.2) is 33.9 Å². The van der Waals surface area contributed by atoms with Gasteiger partial charge in [-0.2, -0.15) is 5.10 Å². The number of hydrogen-bond acceptors (Lipinski definition) is 6. The van der Waals surface area contributed by atoms with Crippen LogP contribution in [0.1, 0.15) is 5.69 Å². The van der Waals surface area contributed by atoms with Crippen molar-refractivity contribution in [1.82, 2.24) is 19.7 Å². The Morgan fingerprint density at radius 3 is 2.56 bits per heavy atom. The minimum atomic E-state index is 0.572. The van der Waals surface area contributed by atoms with Gasteiger partial charge in [-0.3, -0.25) is 4.68 Å². The number of hydrogen-bond donors (Lipinski definition) is 2. The van der Waals surface area contributed by atoms with Crippen molar-refractivity contribution in [3.05, 3.63) is 18.2 Å². The number of nitrogens with zero attached hydrogens (tertiary/aromatic N) is 4. The lowest BCUT2D eigenvalue weighted by Gasteiger charge is -2.11. The quantitative estimate of drug-likeness (QED) is 0.849. The minimum Gasteiger partial charge on any atom is -0.490 e. The topological polar surface area (TPSA) is 76.9 Å². The molecule has 0 fully saturated rings. The molecule has 0 aromatic carbocycles. The molecule has 2 heterocycles. The van der Waals surface area contributed by atoms with Crippen molar-refractivity contribution < 1.29 is 4.74 Å². The number of ether oxygens (including phenoxy) is 1. The van der Waals surface area contributed by atoms with Gasteiger partial charge < -0.3 is 15.4 Å². The molecule has 0 saturated heterocycles. The summed E-state index contributed by atoms with van der Waals surface area (Å²) in [6.07, 6.45) is 3.36. The molecule has 0 bridgehead atoms. The van der Waals surface area contributed by atoms with E-state index in [4.69, 9.17) is 4.74 Å². The van der Waals surface area contributed by atoms with E-state index in [2.05, 4.69) is 25.7 Å². The Morgan fingerprint density at radius 2 is 2.00 bits per heavy atom. The van der Waals surface area contributed by atoms with E-state index in [1.807, 2.05) is 20.2 Å². The predicted molar refractivity (Wildman–Crippen MR) is 69.4 cm³/mol. The van der Waals surface area contributed by atoms with Crippen LogP contribution in [0, 0.1) is 6.92 Å². The SMILES string of the molecule is CNc1ncnc(Nc2cn(C)nc2C)c1OC. The van der Waals surface area contributed by atoms with Crippen LogP contribution in [0.3, 0.4) is 0 Å². The Balaban J connectivity index is 2.37. The molecule has 18 heavy (non-hydrogen) atoms. The van der Waals surface area contributed by atoms with Crippen LogP contribution in [-0.2, 0) is 7.05 Å². The monoisotopic (exact) mass is 248 g/mol. The molecule has 2 aromatic rings. The highest BCUT2D eigenvalue weighted by molar-refractivity contribution is 5.69. The van der Waals surface area contributed by atoms with E-state index in [-0.39, 0.29) is 0 Å². The second kappa shape index (κ2) is 4.91. The van der Waals surface area contributed by atoms with Gasteiger partial charge >= 0.3 is 0 Å². The van der Waals surface area contributed by atoms with E-state index < -0.39 is 0 Å². The number of aromatic nitrogens is 4. The summed E-state index contributed by atoms with van der Waals surface area (Å²) in [5.41, 5.74) is 1.78. The van der Waals surface area contributed by atoms with Crippen LogP contribution in [0.2, 0.25) is 0 Å². The van der Waals surface area contributed by atoms with Crippen molar-refractivity contribution in [3.8, 4) is 5.75 Å². The largest absolute Gasteiger partial charge is 0.490 e. The highest BCUT2D eigenvalue weighted by atomic mass is 16.5. The average molecular weight is 248 g/mol. The van der Waals surface area contributed by atoms with E-state index in [0.717, 1.165) is 11.4 Å². The van der Waals surface area contributed by atoms with Gasteiger partial charge in [-0.1, -0.05) is 0 Å². The minimum absolute atomic E-state index is 0.572. The Bertz CT molecular complexity index is 550. The van der Waals surface area contributed by atoms with Crippen molar-refractivity contribution in [1.29, 1.82) is 0 Å². The number of methoxy groups -OCH3 is 1. The molecular formula is C11H16N6O. The first-order chi connectivity index (χ1) is 8.65. The smallest absolute Gasteiger partial charge is 0.204 e. The number of nitrogens with one attached hydrogen (secondary N) is 2. The predicted octanol–water partition coefficient (Wildman–Crippen LogP) is 1.31. The van der Waals surface area contributed by atoms with E-state index in [0.29, 0.717) is 17.4 Å². The van der Waals surface area contributed by atoms with Gasteiger partial charge in [-0.05, 0) is 6.92 Å². The van der Waals surface area contributed by atoms with Crippen LogP contribution in [0.15, 0.2) is 12.5 Å². The highest BCUT2D eigenvalue weighted by Crippen LogP contribution is 2.31. The lowest BCUT2D eigenvalue weighted by Crippen LogP contribution is -2.03. The Labute approximate surface area is 105 Å². The van der Waals surface area contributed by atoms with Gasteiger partial charge in [0, 0.05) is 20.3 Å². The van der Waals surface area contributed by atoms with Gasteiger partial charge in [-0.15, -0.1) is 0 Å². The molecule has 0 aliphatic rings. The number of rotatable bonds is 4. The highest BCUT2D eigenvalue weighted by Gasteiger charge is 2.13. The fraction of sp³-hybridized carbons (Fsp3) is 0.364. The molecule has 96 valence electrons. The zero-order valence-corrected chi connectivity index (χ0v) is 10.9. The Morgan fingerprint density at radius 1 is 1.28 bits per heavy atom. The van der Waals surface area contributed by atoms with E-state index in [9.17, 15) is 0 Å². The fourth-order valence-electron chi connectivity index (χ4n) is 1.68. The lowest BCUT2D eigenvalue weighted by atomic mass is 10.4. The van der Waals surface area contributed by atoms with Crippen LogP contribution < -0.4 is 15.4 Å². The second-order valence-electron chi connectivity index (χ2n) is 3.78. The van der Waals surface area contributed by atoms with Gasteiger partial charge in [0.1, 0.15) is 6.33 Å². The van der Waals surface area contributed by atoms with Crippen molar-refractivity contribution in [2.45, 2.75) is 6.92 Å². The van der Waals surface area contributed by atoms with Crippen LogP contribution >= 0.6 is 0 Å². The van der Waals surface area contributed by atoms with Gasteiger partial charge in [0.05, 0.1) is 18.5 Å². The third kappa shape index (κ3) is 2.20. The molecule has 0 aliphatic carbocycles. The van der Waals surface area contributed by atoms with Gasteiger partial charge in [0.25, 0.3) is 0 Å². The number of anilines is 3. The van der Waals surface area contributed by atoms with Crippen molar-refractivity contribution in [3.63, 3.8) is 0 Å². The molecule has 0 saturated carbocycles. The maximum absolute atomic E-state index is 5.31. The first-order valence-corrected chi connectivity index (χ1v) is 5.49. The number of aryl methyl sites for hydroxylation is 2. The molecule has 0 spiro atoms. The molecule has 0 radical (unpaired) electrons. The second-order valence-corrected chi connectivity index (χ2v) is 3.78. The summed E-state index contributed by atoms with van der Waals surface area (Å²) in [6, 6.07) is 0. The molecule has 0 atom stereocenters. The first-order valence-electron chi connectivity index (χ1n) is 5.49. The normalized spacial score (nSPS) is 10.2. The van der Waals surface area contributed by atoms with E-state index in [1.165, 1.54) is 6.33 Å². The maximum atomic E-state index is 5.31. The first kappa shape index (κ1) is 12.2. The summed E-state index contributed by atoms with van der Waals surface area (Å²) in [5, 5.41) is 10.4. The molecule has 2 N–H and O–H groups in total. The molecule has 0 aliphatic heterocycles. The van der Waals surface area contributed by atoms with Gasteiger partial charge in [-0.25, -0.2) is 9.97 Å². The third-order valence-electron chi connectivity index (χ3n) is 2.51. The van der Waals surface area contributed by atoms with Gasteiger partial charge in [0.15, 0.2) is 11.6 Å². The van der Waals surface area contributed by atoms with Crippen molar-refractivity contribution >= 4 is 17.3 Å². The van der Waals surface area contributed by atoms with Crippen molar-refractivity contribution in [2.24, 2.45) is 7.05 Å². The van der Waals surface area contributed by atoms with Gasteiger partial charge in [0.2, 0.25) is 5.75 Å². The van der Waals surface area contributed by atoms with Crippen LogP contribution in [0.4, 0.5) is 17.3 Å². The lowest BCUT2D eigenvalue weighted by molar-refractivity contribution is 0.415. The summed E-state index contributed by atoms with van der Waals surface area (Å²) in [4.78, 5) is 8.27. The zero-order valence-electron chi connectivity index (χ0n) is 10.9. The standard InChI is InChI=1S/C11H16N6O/c1-7-8(5-17(3)16-7)15-11-9(18-4)10(12-2)13-6-14-11/h5-6H,1-4H3,(H2,12,13,14,15). The third-order valence-corrected chi connectivity index (χ3v) is 2.51. The van der Waals surface area contributed by atoms with Crippen LogP contribution in [0.5, 0.6) is 5.75 Å². The Hall–Kier alpha value is -2.31. The fourth-order valence-corrected chi connectivity index (χ4v) is 1.68. The van der Waals surface area contributed by atoms with E-state index >= 15 is 0 Å². The van der Waals surface area contributed by atoms with Crippen LogP contribution in [0.25, 0.3) is 0 Å². The van der Waals surface area contributed by atoms with E-state index in [1.54, 1.807) is 18.8 Å². The average Bonchev–Trinajstić information content (AvgIpc) is 2.67. The molecule has 0 amide bonds. The zero-order chi connectivity index (χ0) is 13.1. The molecule has 2 aromatic heterocycles. The molecule has 2 rings (SSSR count). The van der Waals surface area contributed by atoms with Crippen molar-refractivity contribution in [2.75, 3.05) is 24.8 Å². The summed E-state index contributed by atoms with van der Waals surface area (Å²) in [5.74, 6) is 1.81. The molecule has 0 unspecified atom stereocenters. The Kier molecular flexibility index (Phi) is 3.31. The summed E-state index contributed by atoms with van der Waals surface area (Å²) < 4.78 is 7.05. The maximum Gasteiger partial charge on any atom is 0.204 e. The molecule has 7 heteroatoms. The summed E-state index contributed by atoms with van der Waals surface area (Å²) in [7, 11) is 5.24. The summed E-state index contributed by atoms with van der Waals surface area (Å²) >= 11 is 0. The molecular weight excluding hydrogens is 232 g/mol. The molecule has 7 nitrogen and oxygen atoms in total. The summed E-state index contributed by atoms with van der Waals surface area (Å²) in [6.45, 7) is 1.93.